The van der Waals surface area contributed by atoms with Gasteiger partial charge < -0.3 is 24.5 Å². The topological polar surface area (TPSA) is 75.7 Å². The highest BCUT2D eigenvalue weighted by molar-refractivity contribution is 5.89. The summed E-state index contributed by atoms with van der Waals surface area (Å²) in [6.07, 6.45) is 1.66. The lowest BCUT2D eigenvalue weighted by Gasteiger charge is -2.10. The average Bonchev–Trinajstić information content (AvgIpc) is 2.83. The molecular weight excluding hydrogens is 272 g/mol. The van der Waals surface area contributed by atoms with Crippen molar-refractivity contribution in [3.05, 3.63) is 41.7 Å². The Hall–Kier alpha value is -2.63. The predicted octanol–water partition coefficient (Wildman–Crippen LogP) is 1.98. The van der Waals surface area contributed by atoms with Crippen molar-refractivity contribution in [1.29, 1.82) is 0 Å². The largest absolute Gasteiger partial charge is 0.493 e. The van der Waals surface area contributed by atoms with Crippen LogP contribution in [0, 0.1) is 0 Å². The van der Waals surface area contributed by atoms with Gasteiger partial charge in [0.15, 0.2) is 11.5 Å². The van der Waals surface area contributed by atoms with Crippen LogP contribution in [0.1, 0.15) is 16.1 Å². The fourth-order valence-electron chi connectivity index (χ4n) is 1.99. The summed E-state index contributed by atoms with van der Waals surface area (Å²) >= 11 is 0. The third-order valence-electron chi connectivity index (χ3n) is 3.05. The van der Waals surface area contributed by atoms with Crippen LogP contribution in [0.5, 0.6) is 11.5 Å². The second kappa shape index (κ2) is 6.21. The van der Waals surface area contributed by atoms with Crippen LogP contribution in [0.15, 0.2) is 30.5 Å². The quantitative estimate of drug-likeness (QED) is 0.852. The molecule has 2 N–H and O–H groups in total. The number of carbonyl (C=O) groups is 1. The van der Waals surface area contributed by atoms with Crippen LogP contribution in [-0.4, -0.2) is 24.8 Å². The Balaban J connectivity index is 2.06. The number of ether oxygens (including phenoxy) is 3. The van der Waals surface area contributed by atoms with Crippen LogP contribution in [0.25, 0.3) is 0 Å². The summed E-state index contributed by atoms with van der Waals surface area (Å²) in [7, 11) is 4.86. The summed E-state index contributed by atoms with van der Waals surface area (Å²) in [5.41, 5.74) is 7.38. The maximum Gasteiger partial charge on any atom is 0.355 e. The lowest BCUT2D eigenvalue weighted by atomic mass is 10.2. The number of hydrogen-bond acceptors (Lipinski definition) is 5. The molecule has 0 aliphatic rings. The Morgan fingerprint density at radius 2 is 1.90 bits per heavy atom. The lowest BCUT2D eigenvalue weighted by molar-refractivity contribution is 0.0461. The number of anilines is 1. The number of nitrogens with two attached hydrogens (primary N) is 1. The number of aryl methyl sites for hydroxylation is 1. The van der Waals surface area contributed by atoms with Gasteiger partial charge in [-0.05, 0) is 23.8 Å². The fraction of sp³-hybridized carbons (Fsp3) is 0.267. The van der Waals surface area contributed by atoms with Crippen LogP contribution in [0.3, 0.4) is 0 Å². The van der Waals surface area contributed by atoms with Crippen molar-refractivity contribution in [2.45, 2.75) is 6.61 Å². The molecule has 0 fully saturated rings. The molecule has 1 aromatic carbocycles. The van der Waals surface area contributed by atoms with Crippen molar-refractivity contribution in [2.75, 3.05) is 20.0 Å². The molecule has 0 saturated carbocycles. The van der Waals surface area contributed by atoms with Crippen molar-refractivity contribution in [1.82, 2.24) is 4.57 Å². The minimum absolute atomic E-state index is 0.143. The number of hydrogen-bond donors (Lipinski definition) is 1. The summed E-state index contributed by atoms with van der Waals surface area (Å²) in [4.78, 5) is 12.0. The number of rotatable bonds is 5. The van der Waals surface area contributed by atoms with E-state index in [9.17, 15) is 4.79 Å². The number of carbonyl (C=O) groups excluding carboxylic acids is 1. The van der Waals surface area contributed by atoms with Crippen LogP contribution >= 0.6 is 0 Å². The summed E-state index contributed by atoms with van der Waals surface area (Å²) in [5.74, 6) is 0.793. The average molecular weight is 290 g/mol. The first-order valence-electron chi connectivity index (χ1n) is 6.35. The van der Waals surface area contributed by atoms with Gasteiger partial charge in [-0.2, -0.15) is 0 Å². The predicted molar refractivity (Wildman–Crippen MR) is 78.5 cm³/mol. The first-order valence-corrected chi connectivity index (χ1v) is 6.35. The summed E-state index contributed by atoms with van der Waals surface area (Å²) in [6, 6.07) is 6.93. The number of aromatic nitrogens is 1. The van der Waals surface area contributed by atoms with E-state index in [0.29, 0.717) is 22.9 Å². The van der Waals surface area contributed by atoms with Crippen molar-refractivity contribution >= 4 is 11.7 Å². The van der Waals surface area contributed by atoms with E-state index in [2.05, 4.69) is 0 Å². The molecule has 6 heteroatoms. The maximum atomic E-state index is 12.0. The third-order valence-corrected chi connectivity index (χ3v) is 3.05. The molecule has 0 bridgehead atoms. The van der Waals surface area contributed by atoms with Gasteiger partial charge in [0.2, 0.25) is 0 Å². The highest BCUT2D eigenvalue weighted by Gasteiger charge is 2.13. The molecule has 112 valence electrons. The first-order chi connectivity index (χ1) is 10.0. The molecule has 0 saturated heterocycles. The number of nitrogens with zero attached hydrogens (tertiary/aromatic N) is 1. The molecule has 1 aromatic heterocycles. The van der Waals surface area contributed by atoms with Crippen LogP contribution in [-0.2, 0) is 18.4 Å². The molecule has 0 radical (unpaired) electrons. The second-order valence-electron chi connectivity index (χ2n) is 4.54. The third kappa shape index (κ3) is 3.28. The van der Waals surface area contributed by atoms with E-state index in [4.69, 9.17) is 19.9 Å². The zero-order valence-electron chi connectivity index (χ0n) is 12.3. The van der Waals surface area contributed by atoms with Crippen molar-refractivity contribution in [3.63, 3.8) is 0 Å². The molecule has 0 aliphatic heterocycles. The van der Waals surface area contributed by atoms with Gasteiger partial charge in [0.05, 0.1) is 19.9 Å². The zero-order chi connectivity index (χ0) is 15.4. The van der Waals surface area contributed by atoms with Gasteiger partial charge in [0.1, 0.15) is 12.3 Å². The monoisotopic (exact) mass is 290 g/mol. The van der Waals surface area contributed by atoms with Gasteiger partial charge in [-0.15, -0.1) is 0 Å². The van der Waals surface area contributed by atoms with Gasteiger partial charge in [-0.1, -0.05) is 6.07 Å². The molecule has 0 unspecified atom stereocenters. The Kier molecular flexibility index (Phi) is 4.37. The van der Waals surface area contributed by atoms with Crippen LogP contribution in [0.2, 0.25) is 0 Å². The molecule has 0 atom stereocenters. The Morgan fingerprint density at radius 1 is 1.19 bits per heavy atom. The Bertz CT molecular complexity index is 649. The number of esters is 1. The van der Waals surface area contributed by atoms with Gasteiger partial charge in [-0.25, -0.2) is 4.79 Å². The molecule has 0 amide bonds. The van der Waals surface area contributed by atoms with Crippen LogP contribution < -0.4 is 15.2 Å². The molecular formula is C15H18N2O4. The zero-order valence-corrected chi connectivity index (χ0v) is 12.3. The van der Waals surface area contributed by atoms with Gasteiger partial charge in [0.25, 0.3) is 0 Å². The Labute approximate surface area is 123 Å². The molecule has 21 heavy (non-hydrogen) atoms. The summed E-state index contributed by atoms with van der Waals surface area (Å²) in [6.45, 7) is 0.143. The normalized spacial score (nSPS) is 10.2. The number of nitrogen functional groups attached to an aromatic ring is 1. The maximum absolute atomic E-state index is 12.0. The fourth-order valence-corrected chi connectivity index (χ4v) is 1.99. The van der Waals surface area contributed by atoms with Crippen molar-refractivity contribution < 1.29 is 19.0 Å². The summed E-state index contributed by atoms with van der Waals surface area (Å²) < 4.78 is 17.3. The highest BCUT2D eigenvalue weighted by Crippen LogP contribution is 2.27. The van der Waals surface area contributed by atoms with E-state index in [-0.39, 0.29) is 6.61 Å². The van der Waals surface area contributed by atoms with Crippen molar-refractivity contribution in [2.24, 2.45) is 7.05 Å². The van der Waals surface area contributed by atoms with E-state index in [0.717, 1.165) is 5.56 Å². The molecule has 2 rings (SSSR count). The van der Waals surface area contributed by atoms with E-state index in [1.54, 1.807) is 50.2 Å². The van der Waals surface area contributed by atoms with Gasteiger partial charge >= 0.3 is 5.97 Å². The van der Waals surface area contributed by atoms with Gasteiger partial charge in [0, 0.05) is 13.2 Å². The molecule has 0 aliphatic carbocycles. The van der Waals surface area contributed by atoms with Crippen molar-refractivity contribution in [3.8, 4) is 11.5 Å². The van der Waals surface area contributed by atoms with E-state index >= 15 is 0 Å². The number of methoxy groups -OCH3 is 2. The van der Waals surface area contributed by atoms with E-state index < -0.39 is 5.97 Å². The minimum Gasteiger partial charge on any atom is -0.493 e. The molecule has 2 aromatic rings. The molecule has 6 nitrogen and oxygen atoms in total. The minimum atomic E-state index is -0.427. The van der Waals surface area contributed by atoms with E-state index in [1.165, 1.54) is 0 Å². The van der Waals surface area contributed by atoms with Gasteiger partial charge in [-0.3, -0.25) is 0 Å². The smallest absolute Gasteiger partial charge is 0.355 e. The standard InChI is InChI=1S/C15H18N2O4/c1-17-8-11(16)7-12(17)15(18)21-9-10-4-5-13(19-2)14(6-10)20-3/h4-8H,9,16H2,1-3H3. The van der Waals surface area contributed by atoms with E-state index in [1.807, 2.05) is 6.07 Å². The number of benzene rings is 1. The molecule has 1 heterocycles. The van der Waals surface area contributed by atoms with Crippen LogP contribution in [0.4, 0.5) is 5.69 Å². The lowest BCUT2D eigenvalue weighted by Crippen LogP contribution is -2.09. The first kappa shape index (κ1) is 14.8. The highest BCUT2D eigenvalue weighted by atomic mass is 16.5. The SMILES string of the molecule is COc1ccc(COC(=O)c2cc(N)cn2C)cc1OC. The Morgan fingerprint density at radius 3 is 2.48 bits per heavy atom. The molecule has 0 spiro atoms. The summed E-state index contributed by atoms with van der Waals surface area (Å²) in [5, 5.41) is 0. The second-order valence-corrected chi connectivity index (χ2v) is 4.54.